The molecule has 0 saturated carbocycles. The third-order valence-corrected chi connectivity index (χ3v) is 2.09. The van der Waals surface area contributed by atoms with E-state index < -0.39 is 10.1 Å². The highest BCUT2D eigenvalue weighted by Crippen LogP contribution is 2.20. The van der Waals surface area contributed by atoms with Crippen molar-refractivity contribution in [2.24, 2.45) is 0 Å². The molecule has 1 heterocycles. The van der Waals surface area contributed by atoms with Gasteiger partial charge >= 0.3 is 0 Å². The first-order valence-electron chi connectivity index (χ1n) is 6.11. The molecule has 0 amide bonds. The summed E-state index contributed by atoms with van der Waals surface area (Å²) in [6, 6.07) is 7.38. The van der Waals surface area contributed by atoms with Gasteiger partial charge in [-0.1, -0.05) is 0 Å². The van der Waals surface area contributed by atoms with E-state index in [0.29, 0.717) is 18.7 Å². The summed E-state index contributed by atoms with van der Waals surface area (Å²) < 4.78 is 31.2. The van der Waals surface area contributed by atoms with E-state index in [-0.39, 0.29) is 11.9 Å². The molecule has 10 heteroatoms. The number of ether oxygens (including phenoxy) is 1. The van der Waals surface area contributed by atoms with Crippen LogP contribution in [0.15, 0.2) is 24.3 Å². The Morgan fingerprint density at radius 3 is 1.95 bits per heavy atom. The molecule has 0 fully saturated rings. The molecule has 0 atom stereocenters. The molecular weight excluding hydrogens is 310 g/mol. The number of nitrogens with two attached hydrogens (primary N) is 2. The average Bonchev–Trinajstić information content (AvgIpc) is 2.37. The van der Waals surface area contributed by atoms with Gasteiger partial charge in [0.1, 0.15) is 5.75 Å². The minimum atomic E-state index is -3.67. The lowest BCUT2D eigenvalue weighted by molar-refractivity contribution is 0.340. The molecule has 0 aliphatic heterocycles. The van der Waals surface area contributed by atoms with Crippen LogP contribution in [0.25, 0.3) is 11.4 Å². The van der Waals surface area contributed by atoms with Gasteiger partial charge < -0.3 is 16.2 Å². The Balaban J connectivity index is 0.000000422. The van der Waals surface area contributed by atoms with Crippen molar-refractivity contribution in [2.45, 2.75) is 6.92 Å². The zero-order chi connectivity index (χ0) is 16.8. The number of hydrogen-bond acceptors (Lipinski definition) is 8. The van der Waals surface area contributed by atoms with Crippen molar-refractivity contribution in [1.29, 1.82) is 0 Å². The number of benzene rings is 1. The zero-order valence-electron chi connectivity index (χ0n) is 12.1. The van der Waals surface area contributed by atoms with Crippen molar-refractivity contribution in [3.8, 4) is 17.1 Å². The van der Waals surface area contributed by atoms with Crippen LogP contribution in [0.1, 0.15) is 6.92 Å². The lowest BCUT2D eigenvalue weighted by Crippen LogP contribution is -2.04. The Morgan fingerprint density at radius 1 is 1.09 bits per heavy atom. The highest BCUT2D eigenvalue weighted by Gasteiger charge is 2.05. The Bertz CT molecular complexity index is 691. The van der Waals surface area contributed by atoms with Crippen molar-refractivity contribution in [2.75, 3.05) is 24.3 Å². The second-order valence-electron chi connectivity index (χ2n) is 4.07. The van der Waals surface area contributed by atoms with Crippen molar-refractivity contribution >= 4 is 22.0 Å². The van der Waals surface area contributed by atoms with Gasteiger partial charge in [0, 0.05) is 5.56 Å². The number of aromatic nitrogens is 3. The quantitative estimate of drug-likeness (QED) is 0.687. The molecule has 1 aromatic carbocycles. The molecule has 2 aromatic rings. The maximum Gasteiger partial charge on any atom is 0.261 e. The monoisotopic (exact) mass is 327 g/mol. The van der Waals surface area contributed by atoms with Gasteiger partial charge in [-0.3, -0.25) is 4.55 Å². The summed E-state index contributed by atoms with van der Waals surface area (Å²) in [6.07, 6.45) is 0.715. The molecule has 2 rings (SSSR count). The number of rotatable bonds is 3. The lowest BCUT2D eigenvalue weighted by atomic mass is 10.2. The van der Waals surface area contributed by atoms with E-state index in [1.165, 1.54) is 0 Å². The molecule has 1 aromatic heterocycles. The summed E-state index contributed by atoms with van der Waals surface area (Å²) in [4.78, 5) is 11.7. The van der Waals surface area contributed by atoms with Gasteiger partial charge in [-0.05, 0) is 31.2 Å². The normalized spacial score (nSPS) is 10.5. The first kappa shape index (κ1) is 17.6. The lowest BCUT2D eigenvalue weighted by Gasteiger charge is -2.04. The van der Waals surface area contributed by atoms with Gasteiger partial charge in [-0.15, -0.1) is 0 Å². The molecule has 0 bridgehead atoms. The van der Waals surface area contributed by atoms with Crippen LogP contribution in [0.3, 0.4) is 0 Å². The van der Waals surface area contributed by atoms with Crippen LogP contribution in [-0.4, -0.2) is 40.8 Å². The van der Waals surface area contributed by atoms with Crippen LogP contribution in [-0.2, 0) is 10.1 Å². The summed E-state index contributed by atoms with van der Waals surface area (Å²) in [5.41, 5.74) is 11.8. The van der Waals surface area contributed by atoms with Crippen LogP contribution in [0, 0.1) is 0 Å². The second kappa shape index (κ2) is 7.52. The van der Waals surface area contributed by atoms with Gasteiger partial charge in [0.25, 0.3) is 10.1 Å². The molecule has 0 spiro atoms. The first-order valence-corrected chi connectivity index (χ1v) is 7.96. The van der Waals surface area contributed by atoms with Crippen molar-refractivity contribution in [3.05, 3.63) is 24.3 Å². The van der Waals surface area contributed by atoms with Gasteiger partial charge in [0.15, 0.2) is 5.82 Å². The summed E-state index contributed by atoms with van der Waals surface area (Å²) in [6.45, 7) is 2.56. The molecular formula is C12H17N5O4S. The van der Waals surface area contributed by atoms with Gasteiger partial charge in [-0.25, -0.2) is 0 Å². The minimum Gasteiger partial charge on any atom is -0.494 e. The van der Waals surface area contributed by atoms with Crippen molar-refractivity contribution in [1.82, 2.24) is 15.0 Å². The second-order valence-corrected chi connectivity index (χ2v) is 5.53. The summed E-state index contributed by atoms with van der Waals surface area (Å²) >= 11 is 0. The number of anilines is 2. The topological polar surface area (TPSA) is 154 Å². The SMILES string of the molecule is CCOc1ccc(-c2nc(N)nc(N)n2)cc1.CS(=O)(=O)O. The fourth-order valence-electron chi connectivity index (χ4n) is 1.41. The maximum atomic E-state index is 9.19. The Hall–Kier alpha value is -2.46. The summed E-state index contributed by atoms with van der Waals surface area (Å²) in [5, 5.41) is 0. The van der Waals surface area contributed by atoms with E-state index in [9.17, 15) is 8.42 Å². The van der Waals surface area contributed by atoms with Crippen LogP contribution in [0.5, 0.6) is 5.75 Å². The van der Waals surface area contributed by atoms with E-state index in [1.54, 1.807) is 0 Å². The predicted molar refractivity (Wildman–Crippen MR) is 82.7 cm³/mol. The third-order valence-electron chi connectivity index (χ3n) is 2.09. The maximum absolute atomic E-state index is 9.19. The summed E-state index contributed by atoms with van der Waals surface area (Å²) in [7, 11) is -3.67. The van der Waals surface area contributed by atoms with Gasteiger partial charge in [0.2, 0.25) is 11.9 Å². The van der Waals surface area contributed by atoms with Crippen LogP contribution in [0.4, 0.5) is 11.9 Å². The molecule has 0 aliphatic rings. The number of hydrogen-bond donors (Lipinski definition) is 3. The smallest absolute Gasteiger partial charge is 0.261 e. The van der Waals surface area contributed by atoms with Crippen molar-refractivity contribution < 1.29 is 17.7 Å². The number of nitrogens with zero attached hydrogens (tertiary/aromatic N) is 3. The van der Waals surface area contributed by atoms with E-state index in [4.69, 9.17) is 20.8 Å². The van der Waals surface area contributed by atoms with E-state index in [1.807, 2.05) is 31.2 Å². The molecule has 22 heavy (non-hydrogen) atoms. The zero-order valence-corrected chi connectivity index (χ0v) is 12.9. The van der Waals surface area contributed by atoms with Gasteiger partial charge in [0.05, 0.1) is 12.9 Å². The van der Waals surface area contributed by atoms with E-state index in [0.717, 1.165) is 11.3 Å². The molecule has 0 unspecified atom stereocenters. The summed E-state index contributed by atoms with van der Waals surface area (Å²) in [5.74, 6) is 1.48. The fraction of sp³-hybridized carbons (Fsp3) is 0.250. The standard InChI is InChI=1S/C11H13N5O.CH4O3S/c1-2-17-8-5-3-7(4-6-8)9-14-10(12)16-11(13)15-9;1-5(2,3)4/h3-6H,2H2,1H3,(H4,12,13,14,15,16);1H3,(H,2,3,4). The van der Waals surface area contributed by atoms with Crippen LogP contribution < -0.4 is 16.2 Å². The minimum absolute atomic E-state index is 0.112. The molecule has 0 saturated heterocycles. The Kier molecular flexibility index (Phi) is 6.01. The van der Waals surface area contributed by atoms with Crippen LogP contribution in [0.2, 0.25) is 0 Å². The Labute approximate surface area is 128 Å². The third kappa shape index (κ3) is 6.81. The molecule has 0 aliphatic carbocycles. The molecule has 5 N–H and O–H groups in total. The average molecular weight is 327 g/mol. The van der Waals surface area contributed by atoms with Crippen molar-refractivity contribution in [3.63, 3.8) is 0 Å². The van der Waals surface area contributed by atoms with E-state index in [2.05, 4.69) is 15.0 Å². The van der Waals surface area contributed by atoms with Crippen LogP contribution >= 0.6 is 0 Å². The fourth-order valence-corrected chi connectivity index (χ4v) is 1.41. The largest absolute Gasteiger partial charge is 0.494 e. The highest BCUT2D eigenvalue weighted by molar-refractivity contribution is 7.85. The number of nitrogen functional groups attached to an aromatic ring is 2. The molecule has 0 radical (unpaired) electrons. The van der Waals surface area contributed by atoms with E-state index >= 15 is 0 Å². The Morgan fingerprint density at radius 2 is 1.55 bits per heavy atom. The van der Waals surface area contributed by atoms with Gasteiger partial charge in [-0.2, -0.15) is 23.4 Å². The highest BCUT2D eigenvalue weighted by atomic mass is 32.2. The molecule has 9 nitrogen and oxygen atoms in total. The molecule has 120 valence electrons. The first-order chi connectivity index (χ1) is 10.2. The predicted octanol–water partition coefficient (Wildman–Crippen LogP) is 0.606.